The van der Waals surface area contributed by atoms with E-state index >= 15 is 0 Å². The van der Waals surface area contributed by atoms with Crippen LogP contribution in [0.3, 0.4) is 0 Å². The Morgan fingerprint density at radius 2 is 2.26 bits per heavy atom. The summed E-state index contributed by atoms with van der Waals surface area (Å²) in [6.45, 7) is 1.79. The molecule has 0 atom stereocenters. The Bertz CT molecular complexity index is 852. The van der Waals surface area contributed by atoms with Gasteiger partial charge in [0.25, 0.3) is 0 Å². The van der Waals surface area contributed by atoms with Crippen LogP contribution in [0.4, 0.5) is 4.79 Å². The van der Waals surface area contributed by atoms with E-state index in [0.717, 1.165) is 35.1 Å². The molecule has 0 aliphatic carbocycles. The molecule has 23 heavy (non-hydrogen) atoms. The highest BCUT2D eigenvalue weighted by molar-refractivity contribution is 5.82. The maximum Gasteiger partial charge on any atom is 0.318 e. The molecule has 0 radical (unpaired) electrons. The lowest BCUT2D eigenvalue weighted by molar-refractivity contribution is 0.191. The van der Waals surface area contributed by atoms with Gasteiger partial charge in [0.1, 0.15) is 0 Å². The second-order valence-electron chi connectivity index (χ2n) is 5.69. The third kappa shape index (κ3) is 2.63. The van der Waals surface area contributed by atoms with Gasteiger partial charge in [0.05, 0.1) is 24.0 Å². The van der Waals surface area contributed by atoms with Crippen LogP contribution in [0.5, 0.6) is 0 Å². The number of benzene rings is 1. The number of aromatic nitrogens is 3. The van der Waals surface area contributed by atoms with Crippen LogP contribution in [0.2, 0.25) is 0 Å². The van der Waals surface area contributed by atoms with Crippen molar-refractivity contribution in [1.82, 2.24) is 25.4 Å². The van der Waals surface area contributed by atoms with Crippen molar-refractivity contribution in [3.05, 3.63) is 59.5 Å². The number of amides is 2. The fraction of sp³-hybridized carbons (Fsp3) is 0.235. The van der Waals surface area contributed by atoms with Gasteiger partial charge in [-0.15, -0.1) is 0 Å². The highest BCUT2D eigenvalue weighted by atomic mass is 16.2. The predicted molar refractivity (Wildman–Crippen MR) is 86.7 cm³/mol. The smallest absolute Gasteiger partial charge is 0.318 e. The maximum absolute atomic E-state index is 12.4. The highest BCUT2D eigenvalue weighted by Crippen LogP contribution is 2.18. The molecule has 0 fully saturated rings. The molecular weight excluding hydrogens is 290 g/mol. The van der Waals surface area contributed by atoms with E-state index in [2.05, 4.69) is 20.5 Å². The Labute approximate surface area is 133 Å². The van der Waals surface area contributed by atoms with E-state index in [1.54, 1.807) is 6.20 Å². The van der Waals surface area contributed by atoms with Crippen molar-refractivity contribution < 1.29 is 4.79 Å². The van der Waals surface area contributed by atoms with Gasteiger partial charge in [0.15, 0.2) is 0 Å². The molecule has 2 N–H and O–H groups in total. The fourth-order valence-corrected chi connectivity index (χ4v) is 2.99. The van der Waals surface area contributed by atoms with Crippen molar-refractivity contribution in [2.24, 2.45) is 0 Å². The van der Waals surface area contributed by atoms with E-state index in [1.165, 1.54) is 5.56 Å². The van der Waals surface area contributed by atoms with E-state index in [4.69, 9.17) is 0 Å². The van der Waals surface area contributed by atoms with E-state index in [1.807, 2.05) is 41.4 Å². The van der Waals surface area contributed by atoms with Gasteiger partial charge in [-0.2, -0.15) is 5.10 Å². The average Bonchev–Trinajstić information content (AvgIpc) is 3.07. The van der Waals surface area contributed by atoms with Crippen LogP contribution in [0.1, 0.15) is 16.8 Å². The Balaban J connectivity index is 1.45. The van der Waals surface area contributed by atoms with Gasteiger partial charge in [-0.3, -0.25) is 10.1 Å². The molecule has 6 heteroatoms. The summed E-state index contributed by atoms with van der Waals surface area (Å²) in [6.07, 6.45) is 4.46. The molecule has 1 aromatic carbocycles. The first-order valence-corrected chi connectivity index (χ1v) is 7.68. The predicted octanol–water partition coefficient (Wildman–Crippen LogP) is 2.23. The zero-order valence-corrected chi connectivity index (χ0v) is 12.6. The fourth-order valence-electron chi connectivity index (χ4n) is 2.99. The number of pyridine rings is 1. The molecule has 2 amide bonds. The van der Waals surface area contributed by atoms with Crippen LogP contribution in [-0.4, -0.2) is 32.7 Å². The van der Waals surface area contributed by atoms with E-state index < -0.39 is 0 Å². The van der Waals surface area contributed by atoms with E-state index in [0.29, 0.717) is 13.1 Å². The number of nitrogens with zero attached hydrogens (tertiary/aromatic N) is 3. The molecule has 2 aromatic heterocycles. The molecule has 1 aliphatic rings. The summed E-state index contributed by atoms with van der Waals surface area (Å²) in [5, 5.41) is 11.1. The number of hydrogen-bond acceptors (Lipinski definition) is 3. The summed E-state index contributed by atoms with van der Waals surface area (Å²) in [5.74, 6) is 0. The zero-order valence-electron chi connectivity index (χ0n) is 12.6. The lowest BCUT2D eigenvalue weighted by Crippen LogP contribution is -2.42. The molecule has 0 spiro atoms. The number of nitrogens with one attached hydrogen (secondary N) is 2. The van der Waals surface area contributed by atoms with Crippen molar-refractivity contribution in [3.63, 3.8) is 0 Å². The number of aromatic amines is 1. The maximum atomic E-state index is 12.4. The minimum atomic E-state index is -0.0499. The molecule has 0 saturated carbocycles. The molecule has 6 nitrogen and oxygen atoms in total. The topological polar surface area (TPSA) is 73.9 Å². The molecule has 1 aliphatic heterocycles. The molecule has 0 unspecified atom stereocenters. The van der Waals surface area contributed by atoms with Crippen molar-refractivity contribution >= 4 is 16.9 Å². The van der Waals surface area contributed by atoms with Crippen molar-refractivity contribution in [2.75, 3.05) is 6.54 Å². The standard InChI is InChI=1S/C17H17N5O/c23-17(22-8-6-13-10-20-21-16(13)11-22)19-9-12-3-1-5-15-14(12)4-2-7-18-15/h1-5,7,10H,6,8-9,11H2,(H,19,23)(H,20,21). The van der Waals surface area contributed by atoms with E-state index in [9.17, 15) is 4.79 Å². The molecule has 3 heterocycles. The quantitative estimate of drug-likeness (QED) is 0.762. The van der Waals surface area contributed by atoms with Crippen molar-refractivity contribution in [1.29, 1.82) is 0 Å². The number of hydrogen-bond donors (Lipinski definition) is 2. The van der Waals surface area contributed by atoms with Gasteiger partial charge in [-0.25, -0.2) is 4.79 Å². The third-order valence-corrected chi connectivity index (χ3v) is 4.26. The SMILES string of the molecule is O=C(NCc1cccc2ncccc12)N1CCc2cn[nH]c2C1. The molecule has 3 aromatic rings. The number of H-pyrrole nitrogens is 1. The van der Waals surface area contributed by atoms with Gasteiger partial charge < -0.3 is 10.2 Å². The summed E-state index contributed by atoms with van der Waals surface area (Å²) >= 11 is 0. The van der Waals surface area contributed by atoms with E-state index in [-0.39, 0.29) is 6.03 Å². The largest absolute Gasteiger partial charge is 0.334 e. The summed E-state index contributed by atoms with van der Waals surface area (Å²) in [6, 6.07) is 9.86. The number of carbonyl (C=O) groups is 1. The first kappa shape index (κ1) is 13.8. The van der Waals surface area contributed by atoms with Crippen LogP contribution >= 0.6 is 0 Å². The van der Waals surface area contributed by atoms with Gasteiger partial charge in [0, 0.05) is 24.7 Å². The van der Waals surface area contributed by atoms with Gasteiger partial charge in [0.2, 0.25) is 0 Å². The number of rotatable bonds is 2. The van der Waals surface area contributed by atoms with Crippen LogP contribution in [0, 0.1) is 0 Å². The first-order chi connectivity index (χ1) is 11.3. The van der Waals surface area contributed by atoms with Crippen molar-refractivity contribution in [2.45, 2.75) is 19.5 Å². The average molecular weight is 307 g/mol. The molecule has 0 bridgehead atoms. The number of urea groups is 1. The summed E-state index contributed by atoms with van der Waals surface area (Å²) in [4.78, 5) is 18.6. The van der Waals surface area contributed by atoms with Gasteiger partial charge >= 0.3 is 6.03 Å². The Hall–Kier alpha value is -2.89. The van der Waals surface area contributed by atoms with Crippen molar-refractivity contribution in [3.8, 4) is 0 Å². The molecule has 0 saturated heterocycles. The zero-order chi connectivity index (χ0) is 15.6. The number of fused-ring (bicyclic) bond motifs is 2. The Kier molecular flexibility index (Phi) is 3.42. The summed E-state index contributed by atoms with van der Waals surface area (Å²) < 4.78 is 0. The molecule has 116 valence electrons. The molecule has 4 rings (SSSR count). The monoisotopic (exact) mass is 307 g/mol. The minimum Gasteiger partial charge on any atom is -0.334 e. The lowest BCUT2D eigenvalue weighted by Gasteiger charge is -2.26. The van der Waals surface area contributed by atoms with Gasteiger partial charge in [-0.05, 0) is 29.7 Å². The second kappa shape index (κ2) is 5.72. The minimum absolute atomic E-state index is 0.0499. The van der Waals surface area contributed by atoms with Crippen LogP contribution < -0.4 is 5.32 Å². The Morgan fingerprint density at radius 1 is 1.30 bits per heavy atom. The molecular formula is C17H17N5O. The van der Waals surface area contributed by atoms with Crippen LogP contribution in [0.15, 0.2) is 42.7 Å². The Morgan fingerprint density at radius 3 is 3.22 bits per heavy atom. The number of carbonyl (C=O) groups excluding carboxylic acids is 1. The van der Waals surface area contributed by atoms with Gasteiger partial charge in [-0.1, -0.05) is 18.2 Å². The first-order valence-electron chi connectivity index (χ1n) is 7.68. The highest BCUT2D eigenvalue weighted by Gasteiger charge is 2.21. The lowest BCUT2D eigenvalue weighted by atomic mass is 10.1. The normalized spacial score (nSPS) is 13.8. The van der Waals surface area contributed by atoms with Crippen LogP contribution in [-0.2, 0) is 19.5 Å². The second-order valence-corrected chi connectivity index (χ2v) is 5.69. The summed E-state index contributed by atoms with van der Waals surface area (Å²) in [5.41, 5.74) is 4.25. The third-order valence-electron chi connectivity index (χ3n) is 4.26. The summed E-state index contributed by atoms with van der Waals surface area (Å²) in [7, 11) is 0. The van der Waals surface area contributed by atoms with Crippen LogP contribution in [0.25, 0.3) is 10.9 Å².